The Morgan fingerprint density at radius 2 is 1.94 bits per heavy atom. The smallest absolute Gasteiger partial charge is 0.103 e. The summed E-state index contributed by atoms with van der Waals surface area (Å²) in [7, 11) is 0. The van der Waals surface area contributed by atoms with Crippen LogP contribution in [0.4, 0.5) is 5.69 Å². The summed E-state index contributed by atoms with van der Waals surface area (Å²) in [6.45, 7) is 0.707. The fourth-order valence-corrected chi connectivity index (χ4v) is 2.30. The van der Waals surface area contributed by atoms with E-state index >= 15 is 0 Å². The molecule has 1 fully saturated rings. The van der Waals surface area contributed by atoms with Crippen LogP contribution >= 0.6 is 15.9 Å². The van der Waals surface area contributed by atoms with Gasteiger partial charge in [-0.1, -0.05) is 6.07 Å². The highest BCUT2D eigenvalue weighted by Gasteiger charge is 2.30. The first-order valence-corrected chi connectivity index (χ1v) is 5.72. The van der Waals surface area contributed by atoms with Gasteiger partial charge in [-0.2, -0.15) is 5.26 Å². The average Bonchev–Trinajstić information content (AvgIpc) is 2.59. The van der Waals surface area contributed by atoms with E-state index in [4.69, 9.17) is 5.26 Å². The molecule has 0 aromatic heterocycles. The van der Waals surface area contributed by atoms with Gasteiger partial charge in [0, 0.05) is 17.6 Å². The van der Waals surface area contributed by atoms with Crippen LogP contribution in [-0.4, -0.2) is 35.5 Å². The van der Waals surface area contributed by atoms with Gasteiger partial charge in [-0.15, -0.1) is 0 Å². The second kappa shape index (κ2) is 4.42. The van der Waals surface area contributed by atoms with E-state index in [0.717, 1.165) is 10.2 Å². The number of hydrogen-bond acceptors (Lipinski definition) is 4. The maximum Gasteiger partial charge on any atom is 0.103 e. The molecular weight excluding hydrogens is 272 g/mol. The lowest BCUT2D eigenvalue weighted by Gasteiger charge is -2.19. The lowest BCUT2D eigenvalue weighted by molar-refractivity contribution is 0.0572. The predicted octanol–water partition coefficient (Wildman–Crippen LogP) is 0.863. The van der Waals surface area contributed by atoms with E-state index in [0.29, 0.717) is 18.7 Å². The van der Waals surface area contributed by atoms with Crippen molar-refractivity contribution in [3.05, 3.63) is 28.2 Å². The van der Waals surface area contributed by atoms with Crippen LogP contribution in [0, 0.1) is 11.3 Å². The normalized spacial score (nSPS) is 24.5. The van der Waals surface area contributed by atoms with E-state index in [1.165, 1.54) is 0 Å². The summed E-state index contributed by atoms with van der Waals surface area (Å²) >= 11 is 3.31. The summed E-state index contributed by atoms with van der Waals surface area (Å²) in [5.74, 6) is 0. The van der Waals surface area contributed by atoms with Gasteiger partial charge in [0.1, 0.15) is 6.07 Å². The van der Waals surface area contributed by atoms with Crippen molar-refractivity contribution in [1.29, 1.82) is 5.26 Å². The van der Waals surface area contributed by atoms with Crippen LogP contribution in [0.1, 0.15) is 5.56 Å². The van der Waals surface area contributed by atoms with Crippen LogP contribution in [0.5, 0.6) is 0 Å². The van der Waals surface area contributed by atoms with Gasteiger partial charge in [0.25, 0.3) is 0 Å². The largest absolute Gasteiger partial charge is 0.389 e. The molecule has 2 atom stereocenters. The minimum absolute atomic E-state index is 0.353. The van der Waals surface area contributed by atoms with Crippen LogP contribution in [0.2, 0.25) is 0 Å². The first-order valence-electron chi connectivity index (χ1n) is 4.93. The number of nitrogens with zero attached hydrogens (tertiary/aromatic N) is 2. The lowest BCUT2D eigenvalue weighted by atomic mass is 10.2. The van der Waals surface area contributed by atoms with Crippen molar-refractivity contribution < 1.29 is 10.2 Å². The fraction of sp³-hybridized carbons (Fsp3) is 0.364. The van der Waals surface area contributed by atoms with Crippen molar-refractivity contribution >= 4 is 21.6 Å². The molecule has 1 heterocycles. The minimum atomic E-state index is -0.745. The highest BCUT2D eigenvalue weighted by molar-refractivity contribution is 9.10. The molecule has 4 nitrogen and oxygen atoms in total. The third-order valence-electron chi connectivity index (χ3n) is 2.70. The summed E-state index contributed by atoms with van der Waals surface area (Å²) in [6.07, 6.45) is -1.49. The number of anilines is 1. The number of aliphatic hydroxyl groups is 2. The number of halogens is 1. The van der Waals surface area contributed by atoms with Gasteiger partial charge in [0.2, 0.25) is 0 Å². The summed E-state index contributed by atoms with van der Waals surface area (Å²) in [4.78, 5) is 1.82. The first-order chi connectivity index (χ1) is 7.63. The summed E-state index contributed by atoms with van der Waals surface area (Å²) in [6, 6.07) is 7.56. The highest BCUT2D eigenvalue weighted by Crippen LogP contribution is 2.29. The molecule has 16 heavy (non-hydrogen) atoms. The summed E-state index contributed by atoms with van der Waals surface area (Å²) in [5, 5.41) is 28.0. The van der Waals surface area contributed by atoms with Gasteiger partial charge < -0.3 is 15.1 Å². The average molecular weight is 283 g/mol. The maximum absolute atomic E-state index is 9.48. The topological polar surface area (TPSA) is 67.5 Å². The second-order valence-corrected chi connectivity index (χ2v) is 4.64. The number of nitriles is 1. The quantitative estimate of drug-likeness (QED) is 0.802. The molecule has 1 aliphatic rings. The van der Waals surface area contributed by atoms with Gasteiger partial charge in [-0.25, -0.2) is 0 Å². The summed E-state index contributed by atoms with van der Waals surface area (Å²) < 4.78 is 0.725. The Morgan fingerprint density at radius 1 is 1.31 bits per heavy atom. The van der Waals surface area contributed by atoms with E-state index in [2.05, 4.69) is 22.0 Å². The monoisotopic (exact) mass is 282 g/mol. The Morgan fingerprint density at radius 3 is 2.50 bits per heavy atom. The molecule has 2 rings (SSSR count). The third kappa shape index (κ3) is 1.92. The standard InChI is InChI=1S/C11H11BrN2O2/c12-8-2-1-3-9(7(8)4-13)14-5-10(15)11(16)6-14/h1-3,10-11,15-16H,5-6H2. The molecule has 84 valence electrons. The third-order valence-corrected chi connectivity index (χ3v) is 3.36. The molecule has 0 saturated carbocycles. The van der Waals surface area contributed by atoms with Crippen LogP contribution in [0.25, 0.3) is 0 Å². The molecule has 1 aliphatic heterocycles. The van der Waals surface area contributed by atoms with Gasteiger partial charge in [-0.05, 0) is 28.1 Å². The molecule has 0 spiro atoms. The minimum Gasteiger partial charge on any atom is -0.389 e. The van der Waals surface area contributed by atoms with Crippen molar-refractivity contribution in [2.24, 2.45) is 0 Å². The van der Waals surface area contributed by atoms with Crippen molar-refractivity contribution in [3.63, 3.8) is 0 Å². The zero-order valence-corrected chi connectivity index (χ0v) is 10.1. The zero-order valence-electron chi connectivity index (χ0n) is 8.47. The van der Waals surface area contributed by atoms with E-state index < -0.39 is 12.2 Å². The van der Waals surface area contributed by atoms with E-state index in [9.17, 15) is 10.2 Å². The Balaban J connectivity index is 2.35. The maximum atomic E-state index is 9.48. The molecule has 0 bridgehead atoms. The van der Waals surface area contributed by atoms with E-state index in [1.54, 1.807) is 6.07 Å². The highest BCUT2D eigenvalue weighted by atomic mass is 79.9. The van der Waals surface area contributed by atoms with Crippen molar-refractivity contribution in [1.82, 2.24) is 0 Å². The van der Waals surface area contributed by atoms with Crippen molar-refractivity contribution in [2.75, 3.05) is 18.0 Å². The SMILES string of the molecule is N#Cc1c(Br)cccc1N1CC(O)C(O)C1. The van der Waals surface area contributed by atoms with Gasteiger partial charge in [0.05, 0.1) is 23.5 Å². The number of aliphatic hydroxyl groups excluding tert-OH is 2. The number of β-amino-alcohol motifs (C(OH)–C–C–N with tert-alkyl or cyclic N) is 2. The molecular formula is C11H11BrN2O2. The Kier molecular flexibility index (Phi) is 3.15. The number of hydrogen-bond donors (Lipinski definition) is 2. The van der Waals surface area contributed by atoms with Gasteiger partial charge in [0.15, 0.2) is 0 Å². The van der Waals surface area contributed by atoms with Crippen LogP contribution in [0.15, 0.2) is 22.7 Å². The fourth-order valence-electron chi connectivity index (χ4n) is 1.85. The number of benzene rings is 1. The molecule has 0 radical (unpaired) electrons. The Hall–Kier alpha value is -1.09. The molecule has 1 aromatic carbocycles. The van der Waals surface area contributed by atoms with Gasteiger partial charge >= 0.3 is 0 Å². The molecule has 0 amide bonds. The van der Waals surface area contributed by atoms with E-state index in [-0.39, 0.29) is 0 Å². The van der Waals surface area contributed by atoms with E-state index in [1.807, 2.05) is 17.0 Å². The Bertz CT molecular complexity index is 434. The van der Waals surface area contributed by atoms with Crippen LogP contribution in [0.3, 0.4) is 0 Å². The van der Waals surface area contributed by atoms with Crippen molar-refractivity contribution in [2.45, 2.75) is 12.2 Å². The first kappa shape index (κ1) is 11.4. The molecule has 2 N–H and O–H groups in total. The zero-order chi connectivity index (χ0) is 11.7. The molecule has 5 heteroatoms. The molecule has 1 aromatic rings. The van der Waals surface area contributed by atoms with Crippen molar-refractivity contribution in [3.8, 4) is 6.07 Å². The Labute approximate surface area is 102 Å². The molecule has 0 aliphatic carbocycles. The van der Waals surface area contributed by atoms with Gasteiger partial charge in [-0.3, -0.25) is 0 Å². The predicted molar refractivity (Wildman–Crippen MR) is 63.1 cm³/mol. The lowest BCUT2D eigenvalue weighted by Crippen LogP contribution is -2.22. The molecule has 1 saturated heterocycles. The molecule has 2 unspecified atom stereocenters. The number of rotatable bonds is 1. The van der Waals surface area contributed by atoms with Crippen LogP contribution < -0.4 is 4.90 Å². The summed E-state index contributed by atoms with van der Waals surface area (Å²) in [5.41, 5.74) is 1.27. The second-order valence-electron chi connectivity index (χ2n) is 3.79. The van der Waals surface area contributed by atoms with Crippen LogP contribution in [-0.2, 0) is 0 Å².